The Hall–Kier alpha value is -0.677. The average molecular weight is 313 g/mol. The summed E-state index contributed by atoms with van der Waals surface area (Å²) in [6.45, 7) is 2.48. The van der Waals surface area contributed by atoms with E-state index in [0.29, 0.717) is 3.12 Å². The van der Waals surface area contributed by atoms with Crippen molar-refractivity contribution in [3.8, 4) is 0 Å². The monoisotopic (exact) mass is 311 g/mol. The van der Waals surface area contributed by atoms with Gasteiger partial charge >= 0.3 is 117 Å². The van der Waals surface area contributed by atoms with Crippen LogP contribution in [-0.4, -0.2) is 0 Å². The first-order valence-electron chi connectivity index (χ1n) is 6.83. The first-order valence-corrected chi connectivity index (χ1v) is 11.2. The Morgan fingerprint density at radius 3 is 2.83 bits per heavy atom. The third-order valence-electron chi connectivity index (χ3n) is 4.64. The van der Waals surface area contributed by atoms with Crippen molar-refractivity contribution < 1.29 is 21.8 Å². The molecule has 4 rings (SSSR count). The summed E-state index contributed by atoms with van der Waals surface area (Å²) in [5, 5.41) is 0. The van der Waals surface area contributed by atoms with Crippen LogP contribution >= 0.6 is 0 Å². The van der Waals surface area contributed by atoms with Crippen LogP contribution in [0.25, 0.3) is 6.08 Å². The SMILES string of the molecule is C[CH]1[CH2][Zr]1[C]1(C2=CC=CC2)C=Cc2ccccc21. The molecule has 2 aliphatic carbocycles. The molecule has 0 nitrogen and oxygen atoms in total. The molecule has 2 atom stereocenters. The quantitative estimate of drug-likeness (QED) is 0.745. The summed E-state index contributed by atoms with van der Waals surface area (Å²) >= 11 is -1.31. The van der Waals surface area contributed by atoms with E-state index in [9.17, 15) is 0 Å². The van der Waals surface area contributed by atoms with Crippen LogP contribution < -0.4 is 0 Å². The van der Waals surface area contributed by atoms with Crippen LogP contribution in [0.2, 0.25) is 7.75 Å². The van der Waals surface area contributed by atoms with Crippen molar-refractivity contribution >= 4 is 6.08 Å². The Labute approximate surface area is 117 Å². The van der Waals surface area contributed by atoms with E-state index in [1.54, 1.807) is 15.3 Å². The number of hydrogen-bond donors (Lipinski definition) is 0. The van der Waals surface area contributed by atoms with Gasteiger partial charge in [0, 0.05) is 0 Å². The predicted molar refractivity (Wildman–Crippen MR) is 73.2 cm³/mol. The van der Waals surface area contributed by atoms with Crippen molar-refractivity contribution in [1.82, 2.24) is 0 Å². The number of rotatable bonds is 2. The van der Waals surface area contributed by atoms with Crippen molar-refractivity contribution in [3.05, 3.63) is 65.3 Å². The fourth-order valence-electron chi connectivity index (χ4n) is 3.63. The zero-order valence-electron chi connectivity index (χ0n) is 10.7. The predicted octanol–water partition coefficient (Wildman–Crippen LogP) is 4.65. The molecule has 3 aliphatic rings. The normalized spacial score (nSPS) is 31.7. The average Bonchev–Trinajstić information content (AvgIpc) is 2.88. The molecule has 89 valence electrons. The summed E-state index contributed by atoms with van der Waals surface area (Å²) in [6.07, 6.45) is 13.1. The first-order chi connectivity index (χ1) is 8.82. The van der Waals surface area contributed by atoms with Crippen LogP contribution in [0.5, 0.6) is 0 Å². The van der Waals surface area contributed by atoms with Crippen molar-refractivity contribution in [2.24, 2.45) is 0 Å². The third kappa shape index (κ3) is 1.40. The molecule has 1 aromatic carbocycles. The first kappa shape index (κ1) is 11.2. The van der Waals surface area contributed by atoms with Gasteiger partial charge in [0.15, 0.2) is 0 Å². The molecule has 0 N–H and O–H groups in total. The van der Waals surface area contributed by atoms with Gasteiger partial charge in [-0.25, -0.2) is 0 Å². The second-order valence-corrected chi connectivity index (χ2v) is 13.6. The van der Waals surface area contributed by atoms with E-state index in [-0.39, 0.29) is 0 Å². The Bertz CT molecular complexity index is 593. The standard InChI is InChI=1S/C14H11.C3H6.Zr/c1-2-6-11(5-1)14-10-9-12-7-3-4-8-13(12)14;1-3-2;/h1-5,7-10H,6H2;3H,1H2,2H3;. The van der Waals surface area contributed by atoms with Crippen molar-refractivity contribution in [1.29, 1.82) is 0 Å². The molecule has 1 heteroatoms. The maximum atomic E-state index is 2.56. The molecule has 0 aromatic heterocycles. The minimum atomic E-state index is -1.31. The molecule has 18 heavy (non-hydrogen) atoms. The maximum absolute atomic E-state index is 2.56. The van der Waals surface area contributed by atoms with Gasteiger partial charge in [0.1, 0.15) is 0 Å². The van der Waals surface area contributed by atoms with Crippen LogP contribution in [0.1, 0.15) is 24.5 Å². The van der Waals surface area contributed by atoms with Gasteiger partial charge in [0.25, 0.3) is 0 Å². The molecule has 0 radical (unpaired) electrons. The molecule has 1 aliphatic heterocycles. The van der Waals surface area contributed by atoms with Crippen LogP contribution in [0.3, 0.4) is 0 Å². The Morgan fingerprint density at radius 2 is 2.11 bits per heavy atom. The number of allylic oxidation sites excluding steroid dienone is 5. The van der Waals surface area contributed by atoms with E-state index >= 15 is 0 Å². The van der Waals surface area contributed by atoms with E-state index in [4.69, 9.17) is 0 Å². The van der Waals surface area contributed by atoms with Crippen LogP contribution in [-0.2, 0) is 24.9 Å². The van der Waals surface area contributed by atoms with Crippen molar-refractivity contribution in [3.63, 3.8) is 0 Å². The van der Waals surface area contributed by atoms with Gasteiger partial charge in [-0.1, -0.05) is 0 Å². The zero-order valence-corrected chi connectivity index (χ0v) is 13.1. The second-order valence-electron chi connectivity index (χ2n) is 5.68. The van der Waals surface area contributed by atoms with Gasteiger partial charge in [0.2, 0.25) is 0 Å². The van der Waals surface area contributed by atoms with Gasteiger partial charge in [0.05, 0.1) is 0 Å². The van der Waals surface area contributed by atoms with Gasteiger partial charge in [-0.05, 0) is 0 Å². The molecule has 1 fully saturated rings. The molecule has 0 saturated carbocycles. The van der Waals surface area contributed by atoms with E-state index in [1.165, 1.54) is 12.0 Å². The summed E-state index contributed by atoms with van der Waals surface area (Å²) < 4.78 is 3.03. The second kappa shape index (κ2) is 3.91. The van der Waals surface area contributed by atoms with Crippen LogP contribution in [0.4, 0.5) is 0 Å². The fraction of sp³-hybridized carbons (Fsp3) is 0.294. The molecule has 0 bridgehead atoms. The number of benzene rings is 1. The number of fused-ring (bicyclic) bond motifs is 1. The topological polar surface area (TPSA) is 0 Å². The van der Waals surface area contributed by atoms with Crippen LogP contribution in [0.15, 0.2) is 54.1 Å². The Morgan fingerprint density at radius 1 is 1.28 bits per heavy atom. The summed E-state index contributed by atoms with van der Waals surface area (Å²) in [7, 11) is 0. The van der Waals surface area contributed by atoms with Crippen molar-refractivity contribution in [2.75, 3.05) is 0 Å². The van der Waals surface area contributed by atoms with E-state index in [2.05, 4.69) is 61.6 Å². The van der Waals surface area contributed by atoms with Crippen molar-refractivity contribution in [2.45, 2.75) is 24.2 Å². The summed E-state index contributed by atoms with van der Waals surface area (Å²) in [5.74, 6) is 0. The van der Waals surface area contributed by atoms with Gasteiger partial charge in [-0.2, -0.15) is 0 Å². The van der Waals surface area contributed by atoms with E-state index in [1.807, 2.05) is 0 Å². The molecular weight excluding hydrogens is 295 g/mol. The molecule has 0 amide bonds. The summed E-state index contributed by atoms with van der Waals surface area (Å²) in [5.41, 5.74) is 4.78. The van der Waals surface area contributed by atoms with Crippen LogP contribution in [0, 0.1) is 0 Å². The van der Waals surface area contributed by atoms with E-state index < -0.39 is 21.8 Å². The number of hydrogen-bond acceptors (Lipinski definition) is 0. The molecule has 1 heterocycles. The van der Waals surface area contributed by atoms with Gasteiger partial charge in [-0.15, -0.1) is 0 Å². The zero-order chi connectivity index (χ0) is 12.2. The van der Waals surface area contributed by atoms with Gasteiger partial charge < -0.3 is 0 Å². The minimum absolute atomic E-state index is 0.405. The summed E-state index contributed by atoms with van der Waals surface area (Å²) in [6, 6.07) is 9.06. The fourth-order valence-corrected chi connectivity index (χ4v) is 12.8. The molecule has 0 spiro atoms. The Kier molecular flexibility index (Phi) is 2.43. The molecule has 2 unspecified atom stereocenters. The molecular formula is C17H17Zr. The summed E-state index contributed by atoms with van der Waals surface area (Å²) in [4.78, 5) is 0. The Balaban J connectivity index is 1.90. The molecule has 1 aromatic rings. The van der Waals surface area contributed by atoms with Gasteiger partial charge in [-0.3, -0.25) is 0 Å². The third-order valence-corrected chi connectivity index (χ3v) is 13.7. The van der Waals surface area contributed by atoms with E-state index in [0.717, 1.165) is 3.63 Å². The molecule has 1 saturated heterocycles.